The minimum Gasteiger partial charge on any atom is -0.382 e. The molecule has 1 saturated carbocycles. The first-order valence-electron chi connectivity index (χ1n) is 8.13. The van der Waals surface area contributed by atoms with Gasteiger partial charge in [0, 0.05) is 31.2 Å². The molecule has 0 aromatic carbocycles. The number of anilines is 1. The van der Waals surface area contributed by atoms with Crippen molar-refractivity contribution in [1.82, 2.24) is 14.5 Å². The lowest BCUT2D eigenvalue weighted by Crippen LogP contribution is -2.08. The van der Waals surface area contributed by atoms with Crippen LogP contribution in [0.15, 0.2) is 6.20 Å². The standard InChI is InChI=1S/C16H24N4O2S/c1-11-10-18-16(17)14-15(11)20(7-3-4-8-23(2,21)22)13(19-14)9-12-5-6-12/h10,12H,3-9H2,1-2H3,(H2,17,18). The van der Waals surface area contributed by atoms with Crippen LogP contribution in [-0.4, -0.2) is 35.0 Å². The summed E-state index contributed by atoms with van der Waals surface area (Å²) in [4.78, 5) is 8.95. The Balaban J connectivity index is 1.87. The van der Waals surface area contributed by atoms with Crippen LogP contribution in [-0.2, 0) is 22.8 Å². The van der Waals surface area contributed by atoms with Crippen molar-refractivity contribution < 1.29 is 8.42 Å². The summed E-state index contributed by atoms with van der Waals surface area (Å²) in [6.45, 7) is 2.79. The van der Waals surface area contributed by atoms with Gasteiger partial charge in [0.15, 0.2) is 5.82 Å². The summed E-state index contributed by atoms with van der Waals surface area (Å²) in [7, 11) is -2.90. The van der Waals surface area contributed by atoms with Gasteiger partial charge >= 0.3 is 0 Å². The van der Waals surface area contributed by atoms with Crippen molar-refractivity contribution in [1.29, 1.82) is 0 Å². The number of imidazole rings is 1. The number of sulfone groups is 1. The van der Waals surface area contributed by atoms with E-state index in [0.717, 1.165) is 47.7 Å². The predicted octanol–water partition coefficient (Wildman–Crippen LogP) is 2.10. The van der Waals surface area contributed by atoms with Crippen LogP contribution in [0.3, 0.4) is 0 Å². The number of nitrogen functional groups attached to an aromatic ring is 1. The number of rotatable bonds is 7. The highest BCUT2D eigenvalue weighted by atomic mass is 32.2. The number of hydrogen-bond acceptors (Lipinski definition) is 5. The van der Waals surface area contributed by atoms with Crippen LogP contribution in [0, 0.1) is 12.8 Å². The molecule has 2 aromatic heterocycles. The van der Waals surface area contributed by atoms with Gasteiger partial charge in [-0.25, -0.2) is 18.4 Å². The molecule has 0 spiro atoms. The fourth-order valence-corrected chi connectivity index (χ4v) is 3.71. The highest BCUT2D eigenvalue weighted by molar-refractivity contribution is 7.90. The van der Waals surface area contributed by atoms with Crippen LogP contribution < -0.4 is 5.73 Å². The molecular weight excluding hydrogens is 312 g/mol. The molecule has 2 aromatic rings. The van der Waals surface area contributed by atoms with Crippen molar-refractivity contribution in [2.75, 3.05) is 17.7 Å². The van der Waals surface area contributed by atoms with Crippen LogP contribution in [0.1, 0.15) is 37.1 Å². The lowest BCUT2D eigenvalue weighted by molar-refractivity contribution is 0.581. The van der Waals surface area contributed by atoms with Crippen LogP contribution in [0.2, 0.25) is 0 Å². The molecule has 0 radical (unpaired) electrons. The first-order chi connectivity index (χ1) is 10.8. The van der Waals surface area contributed by atoms with Crippen LogP contribution >= 0.6 is 0 Å². The highest BCUT2D eigenvalue weighted by Crippen LogP contribution is 2.34. The van der Waals surface area contributed by atoms with Crippen molar-refractivity contribution in [3.63, 3.8) is 0 Å². The Hall–Kier alpha value is -1.63. The van der Waals surface area contributed by atoms with E-state index in [1.54, 1.807) is 6.20 Å². The lowest BCUT2D eigenvalue weighted by Gasteiger charge is -2.10. The average Bonchev–Trinajstić information content (AvgIpc) is 3.19. The fourth-order valence-electron chi connectivity index (χ4n) is 2.98. The smallest absolute Gasteiger partial charge is 0.151 e. The van der Waals surface area contributed by atoms with Gasteiger partial charge in [-0.2, -0.15) is 0 Å². The molecule has 126 valence electrons. The fraction of sp³-hybridized carbons (Fsp3) is 0.625. The SMILES string of the molecule is Cc1cnc(N)c2nc(CC3CC3)n(CCCCS(C)(=O)=O)c12. The van der Waals surface area contributed by atoms with Gasteiger partial charge in [-0.05, 0) is 44.1 Å². The van der Waals surface area contributed by atoms with E-state index < -0.39 is 9.84 Å². The zero-order chi connectivity index (χ0) is 16.6. The van der Waals surface area contributed by atoms with Crippen molar-refractivity contribution in [2.24, 2.45) is 5.92 Å². The molecule has 0 aliphatic heterocycles. The number of aryl methyl sites for hydroxylation is 2. The van der Waals surface area contributed by atoms with Gasteiger partial charge in [0.1, 0.15) is 21.2 Å². The van der Waals surface area contributed by atoms with Gasteiger partial charge in [-0.3, -0.25) is 0 Å². The van der Waals surface area contributed by atoms with E-state index in [9.17, 15) is 8.42 Å². The molecule has 23 heavy (non-hydrogen) atoms. The van der Waals surface area contributed by atoms with Crippen molar-refractivity contribution in [2.45, 2.75) is 45.6 Å². The first kappa shape index (κ1) is 16.2. The maximum atomic E-state index is 11.3. The number of aromatic nitrogens is 3. The van der Waals surface area contributed by atoms with E-state index in [-0.39, 0.29) is 5.75 Å². The highest BCUT2D eigenvalue weighted by Gasteiger charge is 2.25. The first-order valence-corrected chi connectivity index (χ1v) is 10.2. The third-order valence-corrected chi connectivity index (χ3v) is 5.41. The normalized spacial score (nSPS) is 15.4. The topological polar surface area (TPSA) is 90.9 Å². The Morgan fingerprint density at radius 1 is 1.35 bits per heavy atom. The Morgan fingerprint density at radius 3 is 2.74 bits per heavy atom. The summed E-state index contributed by atoms with van der Waals surface area (Å²) < 4.78 is 24.8. The second kappa shape index (κ2) is 6.11. The van der Waals surface area contributed by atoms with Gasteiger partial charge in [0.25, 0.3) is 0 Å². The van der Waals surface area contributed by atoms with Gasteiger partial charge in [-0.1, -0.05) is 0 Å². The molecule has 3 rings (SSSR count). The summed E-state index contributed by atoms with van der Waals surface area (Å²) in [5, 5.41) is 0. The maximum Gasteiger partial charge on any atom is 0.151 e. The molecule has 1 fully saturated rings. The monoisotopic (exact) mass is 336 g/mol. The maximum absolute atomic E-state index is 11.3. The zero-order valence-electron chi connectivity index (χ0n) is 13.7. The third kappa shape index (κ3) is 3.83. The summed E-state index contributed by atoms with van der Waals surface area (Å²) >= 11 is 0. The molecule has 0 atom stereocenters. The summed E-state index contributed by atoms with van der Waals surface area (Å²) in [6, 6.07) is 0. The Morgan fingerprint density at radius 2 is 2.09 bits per heavy atom. The van der Waals surface area contributed by atoms with Gasteiger partial charge < -0.3 is 10.3 Å². The average molecular weight is 336 g/mol. The van der Waals surface area contributed by atoms with E-state index in [1.165, 1.54) is 19.1 Å². The van der Waals surface area contributed by atoms with Crippen molar-refractivity contribution in [3.8, 4) is 0 Å². The second-order valence-electron chi connectivity index (χ2n) is 6.69. The Bertz CT molecular complexity index is 822. The third-order valence-electron chi connectivity index (χ3n) is 4.38. The minimum atomic E-state index is -2.90. The predicted molar refractivity (Wildman–Crippen MR) is 92.1 cm³/mol. The Kier molecular flexibility index (Phi) is 4.31. The van der Waals surface area contributed by atoms with E-state index in [2.05, 4.69) is 9.55 Å². The molecule has 6 nitrogen and oxygen atoms in total. The Labute approximate surface area is 137 Å². The minimum absolute atomic E-state index is 0.236. The number of fused-ring (bicyclic) bond motifs is 1. The van der Waals surface area contributed by atoms with Crippen LogP contribution in [0.5, 0.6) is 0 Å². The molecule has 2 heterocycles. The molecule has 1 aliphatic carbocycles. The summed E-state index contributed by atoms with van der Waals surface area (Å²) in [5.74, 6) is 2.50. The molecule has 0 unspecified atom stereocenters. The van der Waals surface area contributed by atoms with Crippen LogP contribution in [0.4, 0.5) is 5.82 Å². The number of nitrogens with zero attached hydrogens (tertiary/aromatic N) is 3. The van der Waals surface area contributed by atoms with Crippen LogP contribution in [0.25, 0.3) is 11.0 Å². The van der Waals surface area contributed by atoms with Gasteiger partial charge in [-0.15, -0.1) is 0 Å². The number of nitrogens with two attached hydrogens (primary N) is 1. The molecule has 0 amide bonds. The largest absolute Gasteiger partial charge is 0.382 e. The number of hydrogen-bond donors (Lipinski definition) is 1. The molecule has 1 aliphatic rings. The number of unbranched alkanes of at least 4 members (excludes halogenated alkanes) is 1. The van der Waals surface area contributed by atoms with Gasteiger partial charge in [0.05, 0.1) is 5.52 Å². The van der Waals surface area contributed by atoms with E-state index in [0.29, 0.717) is 12.2 Å². The van der Waals surface area contributed by atoms with Crippen molar-refractivity contribution >= 4 is 26.7 Å². The summed E-state index contributed by atoms with van der Waals surface area (Å²) in [6.07, 6.45) is 8.06. The second-order valence-corrected chi connectivity index (χ2v) is 8.95. The molecule has 0 saturated heterocycles. The molecule has 2 N–H and O–H groups in total. The van der Waals surface area contributed by atoms with E-state index >= 15 is 0 Å². The van der Waals surface area contributed by atoms with E-state index in [1.807, 2.05) is 6.92 Å². The molecule has 0 bridgehead atoms. The van der Waals surface area contributed by atoms with Crippen molar-refractivity contribution in [3.05, 3.63) is 17.6 Å². The van der Waals surface area contributed by atoms with E-state index in [4.69, 9.17) is 10.7 Å². The molecule has 7 heteroatoms. The quantitative estimate of drug-likeness (QED) is 0.782. The summed E-state index contributed by atoms with van der Waals surface area (Å²) in [5.41, 5.74) is 8.89. The number of pyridine rings is 1. The zero-order valence-corrected chi connectivity index (χ0v) is 14.6. The molecular formula is C16H24N4O2S. The lowest BCUT2D eigenvalue weighted by atomic mass is 10.2. The van der Waals surface area contributed by atoms with Gasteiger partial charge in [0.2, 0.25) is 0 Å².